The molecular weight excluding hydrogens is 266 g/mol. The lowest BCUT2D eigenvalue weighted by molar-refractivity contribution is -0.117. The van der Waals surface area contributed by atoms with E-state index in [2.05, 4.69) is 15.6 Å². The third-order valence-corrected chi connectivity index (χ3v) is 3.36. The Morgan fingerprint density at radius 1 is 1.24 bits per heavy atom. The second kappa shape index (κ2) is 5.75. The van der Waals surface area contributed by atoms with E-state index in [4.69, 9.17) is 0 Å². The summed E-state index contributed by atoms with van der Waals surface area (Å²) in [7, 11) is 0. The van der Waals surface area contributed by atoms with Crippen LogP contribution in [0.15, 0.2) is 42.6 Å². The lowest BCUT2D eigenvalue weighted by Crippen LogP contribution is -2.20. The van der Waals surface area contributed by atoms with E-state index in [1.807, 2.05) is 24.3 Å². The van der Waals surface area contributed by atoms with Gasteiger partial charge in [0.1, 0.15) is 5.82 Å². The van der Waals surface area contributed by atoms with E-state index >= 15 is 0 Å². The average molecular weight is 281 g/mol. The SMILES string of the molecule is O=C(Cc1ccc2c(c1)CCC(=O)N2)Nc1ccccn1. The maximum atomic E-state index is 12.0. The monoisotopic (exact) mass is 281 g/mol. The number of hydrogen-bond donors (Lipinski definition) is 2. The molecule has 1 aliphatic heterocycles. The Labute approximate surface area is 122 Å². The number of carbonyl (C=O) groups is 2. The molecule has 0 saturated carbocycles. The molecule has 21 heavy (non-hydrogen) atoms. The molecule has 1 aromatic carbocycles. The van der Waals surface area contributed by atoms with E-state index in [0.717, 1.165) is 23.2 Å². The van der Waals surface area contributed by atoms with Gasteiger partial charge in [0.2, 0.25) is 11.8 Å². The number of amides is 2. The largest absolute Gasteiger partial charge is 0.326 e. The predicted octanol–water partition coefficient (Wildman–Crippen LogP) is 2.15. The molecule has 0 bridgehead atoms. The van der Waals surface area contributed by atoms with E-state index in [1.165, 1.54) is 0 Å². The Morgan fingerprint density at radius 2 is 2.14 bits per heavy atom. The molecule has 2 aromatic rings. The highest BCUT2D eigenvalue weighted by Gasteiger charge is 2.15. The van der Waals surface area contributed by atoms with Crippen molar-refractivity contribution in [3.8, 4) is 0 Å². The fraction of sp³-hybridized carbons (Fsp3) is 0.188. The van der Waals surface area contributed by atoms with Crippen LogP contribution in [0.5, 0.6) is 0 Å². The second-order valence-electron chi connectivity index (χ2n) is 4.98. The highest BCUT2D eigenvalue weighted by atomic mass is 16.2. The number of fused-ring (bicyclic) bond motifs is 1. The molecule has 0 radical (unpaired) electrons. The second-order valence-corrected chi connectivity index (χ2v) is 4.98. The van der Waals surface area contributed by atoms with Crippen molar-refractivity contribution in [2.75, 3.05) is 10.6 Å². The molecule has 1 aliphatic rings. The van der Waals surface area contributed by atoms with Gasteiger partial charge in [-0.1, -0.05) is 18.2 Å². The van der Waals surface area contributed by atoms with Crippen LogP contribution in [-0.2, 0) is 22.4 Å². The Bertz CT molecular complexity index is 683. The third-order valence-electron chi connectivity index (χ3n) is 3.36. The van der Waals surface area contributed by atoms with Gasteiger partial charge < -0.3 is 10.6 Å². The minimum atomic E-state index is -0.103. The highest BCUT2D eigenvalue weighted by molar-refractivity contribution is 5.94. The smallest absolute Gasteiger partial charge is 0.229 e. The first-order valence-corrected chi connectivity index (χ1v) is 6.83. The van der Waals surface area contributed by atoms with Gasteiger partial charge in [0.25, 0.3) is 0 Å². The minimum absolute atomic E-state index is 0.0446. The molecule has 0 fully saturated rings. The van der Waals surface area contributed by atoms with Crippen molar-refractivity contribution in [1.82, 2.24) is 4.98 Å². The van der Waals surface area contributed by atoms with Crippen LogP contribution >= 0.6 is 0 Å². The molecule has 2 heterocycles. The van der Waals surface area contributed by atoms with Crippen molar-refractivity contribution in [2.24, 2.45) is 0 Å². The quantitative estimate of drug-likeness (QED) is 0.905. The Hall–Kier alpha value is -2.69. The summed E-state index contributed by atoms with van der Waals surface area (Å²) in [4.78, 5) is 27.4. The number of aryl methyl sites for hydroxylation is 1. The molecule has 0 spiro atoms. The zero-order chi connectivity index (χ0) is 14.7. The standard InChI is InChI=1S/C16H15N3O2/c20-15-7-5-12-9-11(4-6-13(12)18-15)10-16(21)19-14-3-1-2-8-17-14/h1-4,6,8-9H,5,7,10H2,(H,18,20)(H,17,19,21). The van der Waals surface area contributed by atoms with Gasteiger partial charge in [0.05, 0.1) is 6.42 Å². The minimum Gasteiger partial charge on any atom is -0.326 e. The number of pyridine rings is 1. The van der Waals surface area contributed by atoms with E-state index in [-0.39, 0.29) is 18.2 Å². The van der Waals surface area contributed by atoms with Gasteiger partial charge in [-0.15, -0.1) is 0 Å². The van der Waals surface area contributed by atoms with Crippen LogP contribution in [0, 0.1) is 0 Å². The van der Waals surface area contributed by atoms with Crippen molar-refractivity contribution < 1.29 is 9.59 Å². The van der Waals surface area contributed by atoms with E-state index in [1.54, 1.807) is 18.3 Å². The van der Waals surface area contributed by atoms with Gasteiger partial charge in [0, 0.05) is 18.3 Å². The molecule has 0 aliphatic carbocycles. The van der Waals surface area contributed by atoms with Crippen LogP contribution in [0.3, 0.4) is 0 Å². The first-order chi connectivity index (χ1) is 10.2. The summed E-state index contributed by atoms with van der Waals surface area (Å²) in [5.74, 6) is 0.490. The number of nitrogens with one attached hydrogen (secondary N) is 2. The third kappa shape index (κ3) is 3.25. The number of benzene rings is 1. The summed E-state index contributed by atoms with van der Waals surface area (Å²) >= 11 is 0. The highest BCUT2D eigenvalue weighted by Crippen LogP contribution is 2.23. The van der Waals surface area contributed by atoms with Gasteiger partial charge in [0.15, 0.2) is 0 Å². The Morgan fingerprint density at radius 3 is 2.95 bits per heavy atom. The van der Waals surface area contributed by atoms with Crippen LogP contribution in [-0.4, -0.2) is 16.8 Å². The maximum absolute atomic E-state index is 12.0. The molecule has 5 heteroatoms. The van der Waals surface area contributed by atoms with E-state index in [0.29, 0.717) is 12.2 Å². The van der Waals surface area contributed by atoms with Gasteiger partial charge in [-0.3, -0.25) is 9.59 Å². The van der Waals surface area contributed by atoms with E-state index in [9.17, 15) is 9.59 Å². The molecular formula is C16H15N3O2. The molecule has 1 aromatic heterocycles. The Kier molecular flexibility index (Phi) is 3.64. The van der Waals surface area contributed by atoms with Crippen LogP contribution < -0.4 is 10.6 Å². The van der Waals surface area contributed by atoms with Gasteiger partial charge in [-0.25, -0.2) is 4.98 Å². The number of nitrogens with zero attached hydrogens (tertiary/aromatic N) is 1. The van der Waals surface area contributed by atoms with Crippen molar-refractivity contribution in [2.45, 2.75) is 19.3 Å². The van der Waals surface area contributed by atoms with Crippen molar-refractivity contribution in [3.63, 3.8) is 0 Å². The predicted molar refractivity (Wildman–Crippen MR) is 80.0 cm³/mol. The zero-order valence-electron chi connectivity index (χ0n) is 11.4. The molecule has 0 unspecified atom stereocenters. The number of rotatable bonds is 3. The summed E-state index contributed by atoms with van der Waals surface area (Å²) in [6.07, 6.45) is 3.14. The van der Waals surface area contributed by atoms with Crippen molar-refractivity contribution in [3.05, 3.63) is 53.7 Å². The molecule has 2 amide bonds. The first kappa shape index (κ1) is 13.3. The first-order valence-electron chi connectivity index (χ1n) is 6.83. The molecule has 2 N–H and O–H groups in total. The fourth-order valence-corrected chi connectivity index (χ4v) is 2.36. The summed E-state index contributed by atoms with van der Waals surface area (Å²) in [5, 5.41) is 5.59. The van der Waals surface area contributed by atoms with Crippen LogP contribution in [0.1, 0.15) is 17.5 Å². The van der Waals surface area contributed by atoms with E-state index < -0.39 is 0 Å². The molecule has 0 atom stereocenters. The van der Waals surface area contributed by atoms with Gasteiger partial charge in [-0.05, 0) is 35.7 Å². The number of aromatic nitrogens is 1. The van der Waals surface area contributed by atoms with Crippen molar-refractivity contribution >= 4 is 23.3 Å². The number of anilines is 2. The lowest BCUT2D eigenvalue weighted by Gasteiger charge is -2.17. The van der Waals surface area contributed by atoms with Crippen LogP contribution in [0.4, 0.5) is 11.5 Å². The van der Waals surface area contributed by atoms with Crippen molar-refractivity contribution in [1.29, 1.82) is 0 Å². The van der Waals surface area contributed by atoms with Gasteiger partial charge >= 0.3 is 0 Å². The molecule has 0 saturated heterocycles. The Balaban J connectivity index is 1.68. The topological polar surface area (TPSA) is 71.1 Å². The lowest BCUT2D eigenvalue weighted by atomic mass is 9.99. The summed E-state index contributed by atoms with van der Waals surface area (Å²) in [6.45, 7) is 0. The maximum Gasteiger partial charge on any atom is 0.229 e. The summed E-state index contributed by atoms with van der Waals surface area (Å²) in [5.41, 5.74) is 2.86. The fourth-order valence-electron chi connectivity index (χ4n) is 2.36. The number of carbonyl (C=O) groups excluding carboxylic acids is 2. The summed E-state index contributed by atoms with van der Waals surface area (Å²) in [6, 6.07) is 11.1. The molecule has 3 rings (SSSR count). The van der Waals surface area contributed by atoms with Crippen LogP contribution in [0.2, 0.25) is 0 Å². The zero-order valence-corrected chi connectivity index (χ0v) is 11.4. The summed E-state index contributed by atoms with van der Waals surface area (Å²) < 4.78 is 0. The van der Waals surface area contributed by atoms with Crippen LogP contribution in [0.25, 0.3) is 0 Å². The van der Waals surface area contributed by atoms with Gasteiger partial charge in [-0.2, -0.15) is 0 Å². The number of hydrogen-bond acceptors (Lipinski definition) is 3. The molecule has 106 valence electrons. The average Bonchev–Trinajstić information content (AvgIpc) is 2.48. The normalized spacial score (nSPS) is 13.2. The molecule has 5 nitrogen and oxygen atoms in total.